The Morgan fingerprint density at radius 1 is 1.35 bits per heavy atom. The second-order valence-corrected chi connectivity index (χ2v) is 4.52. The Balaban J connectivity index is 2.03. The third-order valence-corrected chi connectivity index (χ3v) is 3.34. The van der Waals surface area contributed by atoms with Crippen LogP contribution >= 0.6 is 0 Å². The van der Waals surface area contributed by atoms with Gasteiger partial charge in [0.1, 0.15) is 5.75 Å². The quantitative estimate of drug-likeness (QED) is 0.811. The van der Waals surface area contributed by atoms with E-state index in [-0.39, 0.29) is 5.78 Å². The molecule has 0 spiro atoms. The minimum Gasteiger partial charge on any atom is -0.496 e. The Kier molecular flexibility index (Phi) is 4.15. The monoisotopic (exact) mass is 233 g/mol. The average molecular weight is 233 g/mol. The lowest BCUT2D eigenvalue weighted by molar-refractivity contribution is 0.0949. The van der Waals surface area contributed by atoms with Crippen molar-refractivity contribution in [1.29, 1.82) is 0 Å². The van der Waals surface area contributed by atoms with E-state index in [0.29, 0.717) is 23.7 Å². The van der Waals surface area contributed by atoms with E-state index in [1.54, 1.807) is 7.11 Å². The van der Waals surface area contributed by atoms with Crippen molar-refractivity contribution in [2.45, 2.75) is 19.3 Å². The fourth-order valence-electron chi connectivity index (χ4n) is 2.33. The number of benzene rings is 1. The van der Waals surface area contributed by atoms with Crippen molar-refractivity contribution in [3.8, 4) is 5.75 Å². The van der Waals surface area contributed by atoms with E-state index in [1.807, 2.05) is 24.3 Å². The van der Waals surface area contributed by atoms with Crippen LogP contribution in [0.1, 0.15) is 29.6 Å². The average Bonchev–Trinajstić information content (AvgIpc) is 2.40. The highest BCUT2D eigenvalue weighted by molar-refractivity contribution is 5.98. The molecule has 0 atom stereocenters. The number of piperidine rings is 1. The second-order valence-electron chi connectivity index (χ2n) is 4.52. The standard InChI is InChI=1S/C14H19NO2/c1-17-14-5-3-2-4-12(14)13(16)10-11-6-8-15-9-7-11/h2-5,11,15H,6-10H2,1H3. The van der Waals surface area contributed by atoms with Gasteiger partial charge in [-0.25, -0.2) is 0 Å². The molecule has 3 nitrogen and oxygen atoms in total. The largest absolute Gasteiger partial charge is 0.496 e. The highest BCUT2D eigenvalue weighted by atomic mass is 16.5. The molecule has 1 aliphatic rings. The lowest BCUT2D eigenvalue weighted by Gasteiger charge is -2.22. The summed E-state index contributed by atoms with van der Waals surface area (Å²) >= 11 is 0. The lowest BCUT2D eigenvalue weighted by atomic mass is 9.90. The summed E-state index contributed by atoms with van der Waals surface area (Å²) in [6, 6.07) is 7.47. The zero-order valence-electron chi connectivity index (χ0n) is 10.2. The summed E-state index contributed by atoms with van der Waals surface area (Å²) in [5.74, 6) is 1.41. The Bertz CT molecular complexity index is 384. The number of rotatable bonds is 4. The maximum absolute atomic E-state index is 12.2. The molecule has 0 saturated carbocycles. The molecule has 1 aromatic rings. The highest BCUT2D eigenvalue weighted by Crippen LogP contribution is 2.23. The van der Waals surface area contributed by atoms with E-state index >= 15 is 0 Å². The molecular weight excluding hydrogens is 214 g/mol. The van der Waals surface area contributed by atoms with Crippen LogP contribution in [-0.4, -0.2) is 26.0 Å². The number of methoxy groups -OCH3 is 1. The molecule has 1 aliphatic heterocycles. The first-order chi connectivity index (χ1) is 8.31. The highest BCUT2D eigenvalue weighted by Gasteiger charge is 2.19. The molecule has 1 saturated heterocycles. The zero-order chi connectivity index (χ0) is 12.1. The van der Waals surface area contributed by atoms with Crippen molar-refractivity contribution in [2.75, 3.05) is 20.2 Å². The van der Waals surface area contributed by atoms with E-state index in [0.717, 1.165) is 25.9 Å². The van der Waals surface area contributed by atoms with Gasteiger partial charge in [0.25, 0.3) is 0 Å². The summed E-state index contributed by atoms with van der Waals surface area (Å²) in [5, 5.41) is 3.31. The first-order valence-corrected chi connectivity index (χ1v) is 6.18. The predicted octanol–water partition coefficient (Wildman–Crippen LogP) is 2.27. The molecule has 2 rings (SSSR count). The number of carbonyl (C=O) groups is 1. The van der Waals surface area contributed by atoms with Gasteiger partial charge in [-0.15, -0.1) is 0 Å². The van der Waals surface area contributed by atoms with Crippen LogP contribution in [-0.2, 0) is 0 Å². The third-order valence-electron chi connectivity index (χ3n) is 3.34. The van der Waals surface area contributed by atoms with E-state index in [2.05, 4.69) is 5.32 Å². The Morgan fingerprint density at radius 3 is 2.76 bits per heavy atom. The van der Waals surface area contributed by atoms with Crippen LogP contribution in [0.25, 0.3) is 0 Å². The minimum absolute atomic E-state index is 0.203. The van der Waals surface area contributed by atoms with Crippen LogP contribution in [0.4, 0.5) is 0 Å². The Labute approximate surface area is 102 Å². The summed E-state index contributed by atoms with van der Waals surface area (Å²) in [6.45, 7) is 2.06. The molecule has 0 aliphatic carbocycles. The SMILES string of the molecule is COc1ccccc1C(=O)CC1CCNCC1. The van der Waals surface area contributed by atoms with Crippen molar-refractivity contribution in [2.24, 2.45) is 5.92 Å². The number of nitrogens with one attached hydrogen (secondary N) is 1. The molecule has 92 valence electrons. The van der Waals surface area contributed by atoms with Crippen LogP contribution in [0.3, 0.4) is 0 Å². The Morgan fingerprint density at radius 2 is 2.06 bits per heavy atom. The topological polar surface area (TPSA) is 38.3 Å². The first-order valence-electron chi connectivity index (χ1n) is 6.18. The van der Waals surface area contributed by atoms with Crippen LogP contribution in [0.5, 0.6) is 5.75 Å². The first kappa shape index (κ1) is 12.1. The molecular formula is C14H19NO2. The van der Waals surface area contributed by atoms with Crippen LogP contribution < -0.4 is 10.1 Å². The molecule has 0 amide bonds. The molecule has 17 heavy (non-hydrogen) atoms. The van der Waals surface area contributed by atoms with Gasteiger partial charge >= 0.3 is 0 Å². The van der Waals surface area contributed by atoms with Gasteiger partial charge in [-0.2, -0.15) is 0 Å². The van der Waals surface area contributed by atoms with Crippen LogP contribution in [0.15, 0.2) is 24.3 Å². The van der Waals surface area contributed by atoms with Crippen LogP contribution in [0.2, 0.25) is 0 Å². The molecule has 0 bridgehead atoms. The van der Waals surface area contributed by atoms with Crippen molar-refractivity contribution in [3.63, 3.8) is 0 Å². The number of carbonyl (C=O) groups excluding carboxylic acids is 1. The fraction of sp³-hybridized carbons (Fsp3) is 0.500. The van der Waals surface area contributed by atoms with E-state index < -0.39 is 0 Å². The van der Waals surface area contributed by atoms with Gasteiger partial charge in [-0.05, 0) is 44.0 Å². The summed E-state index contributed by atoms with van der Waals surface area (Å²) in [7, 11) is 1.61. The second kappa shape index (κ2) is 5.82. The van der Waals surface area contributed by atoms with E-state index in [4.69, 9.17) is 4.74 Å². The number of Topliss-reactive ketones (excluding diaryl/α,β-unsaturated/α-hetero) is 1. The zero-order valence-corrected chi connectivity index (χ0v) is 10.2. The molecule has 1 aromatic carbocycles. The van der Waals surface area contributed by atoms with E-state index in [1.165, 1.54) is 0 Å². The summed E-state index contributed by atoms with van der Waals surface area (Å²) in [6.07, 6.45) is 2.84. The van der Waals surface area contributed by atoms with Gasteiger partial charge < -0.3 is 10.1 Å². The molecule has 1 N–H and O–H groups in total. The van der Waals surface area contributed by atoms with E-state index in [9.17, 15) is 4.79 Å². The summed E-state index contributed by atoms with van der Waals surface area (Å²) in [5.41, 5.74) is 0.716. The molecule has 3 heteroatoms. The molecule has 1 fully saturated rings. The van der Waals surface area contributed by atoms with Gasteiger partial charge in [0.05, 0.1) is 12.7 Å². The maximum atomic E-state index is 12.2. The van der Waals surface area contributed by atoms with Gasteiger partial charge in [-0.3, -0.25) is 4.79 Å². The predicted molar refractivity (Wildman–Crippen MR) is 67.5 cm³/mol. The number of ketones is 1. The number of ether oxygens (including phenoxy) is 1. The van der Waals surface area contributed by atoms with Crippen molar-refractivity contribution < 1.29 is 9.53 Å². The summed E-state index contributed by atoms with van der Waals surface area (Å²) in [4.78, 5) is 12.2. The number of hydrogen-bond donors (Lipinski definition) is 1. The normalized spacial score (nSPS) is 16.8. The van der Waals surface area contributed by atoms with Crippen molar-refractivity contribution in [1.82, 2.24) is 5.32 Å². The number of para-hydroxylation sites is 1. The van der Waals surface area contributed by atoms with Crippen molar-refractivity contribution in [3.05, 3.63) is 29.8 Å². The molecule has 0 radical (unpaired) electrons. The maximum Gasteiger partial charge on any atom is 0.166 e. The van der Waals surface area contributed by atoms with Gasteiger partial charge in [0.15, 0.2) is 5.78 Å². The van der Waals surface area contributed by atoms with Gasteiger partial charge in [-0.1, -0.05) is 12.1 Å². The molecule has 1 heterocycles. The van der Waals surface area contributed by atoms with Crippen LogP contribution in [0, 0.1) is 5.92 Å². The third kappa shape index (κ3) is 3.07. The number of hydrogen-bond acceptors (Lipinski definition) is 3. The lowest BCUT2D eigenvalue weighted by Crippen LogP contribution is -2.28. The fourth-order valence-corrected chi connectivity index (χ4v) is 2.33. The smallest absolute Gasteiger partial charge is 0.166 e. The van der Waals surface area contributed by atoms with Gasteiger partial charge in [0.2, 0.25) is 0 Å². The Hall–Kier alpha value is -1.35. The summed E-state index contributed by atoms with van der Waals surface area (Å²) < 4.78 is 5.22. The molecule has 0 unspecified atom stereocenters. The molecule has 0 aromatic heterocycles. The van der Waals surface area contributed by atoms with Gasteiger partial charge in [0, 0.05) is 6.42 Å². The minimum atomic E-state index is 0.203. The van der Waals surface area contributed by atoms with Crippen molar-refractivity contribution >= 4 is 5.78 Å².